The Morgan fingerprint density at radius 1 is 1.09 bits per heavy atom. The molecule has 4 aromatic rings. The maximum atomic E-state index is 13.5. The van der Waals surface area contributed by atoms with Gasteiger partial charge in [-0.2, -0.15) is 0 Å². The summed E-state index contributed by atoms with van der Waals surface area (Å²) in [5.41, 5.74) is 1.07. The molecule has 0 aliphatic carbocycles. The van der Waals surface area contributed by atoms with E-state index in [0.29, 0.717) is 33.5 Å². The molecule has 1 aromatic heterocycles. The van der Waals surface area contributed by atoms with Gasteiger partial charge in [-0.15, -0.1) is 0 Å². The summed E-state index contributed by atoms with van der Waals surface area (Å²) in [6.07, 6.45) is 0.420. The van der Waals surface area contributed by atoms with Crippen LogP contribution in [0.1, 0.15) is 6.42 Å². The second-order valence-electron chi connectivity index (χ2n) is 7.68. The maximum Gasteiger partial charge on any atom is 0.266 e. The summed E-state index contributed by atoms with van der Waals surface area (Å²) >= 11 is 7.81. The predicted molar refractivity (Wildman–Crippen MR) is 138 cm³/mol. The quantitative estimate of drug-likeness (QED) is 0.382. The van der Waals surface area contributed by atoms with E-state index in [2.05, 4.69) is 9.71 Å². The number of fused-ring (bicyclic) bond motifs is 2. The normalized spacial score (nSPS) is 15.7. The Morgan fingerprint density at radius 2 is 1.83 bits per heavy atom. The van der Waals surface area contributed by atoms with Gasteiger partial charge >= 0.3 is 0 Å². The summed E-state index contributed by atoms with van der Waals surface area (Å²) in [5.74, 6) is 0.232. The number of amidine groups is 1. The number of aliphatic imine (C=N–C) groups is 1. The highest BCUT2D eigenvalue weighted by atomic mass is 35.5. The van der Waals surface area contributed by atoms with Crippen molar-refractivity contribution in [3.8, 4) is 17.1 Å². The lowest BCUT2D eigenvalue weighted by Crippen LogP contribution is -2.33. The van der Waals surface area contributed by atoms with E-state index in [1.807, 2.05) is 6.07 Å². The highest BCUT2D eigenvalue weighted by Crippen LogP contribution is 2.39. The first kappa shape index (κ1) is 23.6. The topological polar surface area (TPSA) is 114 Å². The van der Waals surface area contributed by atoms with Gasteiger partial charge in [-0.1, -0.05) is 53.7 Å². The van der Waals surface area contributed by atoms with Crippen molar-refractivity contribution in [1.29, 1.82) is 0 Å². The largest absolute Gasteiger partial charge is 0.396 e. The Labute approximate surface area is 210 Å². The van der Waals surface area contributed by atoms with Crippen molar-refractivity contribution in [2.24, 2.45) is 4.99 Å². The van der Waals surface area contributed by atoms with Gasteiger partial charge in [0.1, 0.15) is 10.7 Å². The molecule has 178 valence electrons. The molecule has 0 spiro atoms. The Hall–Kier alpha value is -3.18. The summed E-state index contributed by atoms with van der Waals surface area (Å²) in [4.78, 5) is 22.9. The first-order valence-corrected chi connectivity index (χ1v) is 13.3. The molecule has 0 radical (unpaired) electrons. The minimum Gasteiger partial charge on any atom is -0.396 e. The van der Waals surface area contributed by atoms with Gasteiger partial charge in [0, 0.05) is 23.6 Å². The second-order valence-corrected chi connectivity index (χ2v) is 10.8. The summed E-state index contributed by atoms with van der Waals surface area (Å²) < 4.78 is 30.0. The Bertz CT molecular complexity index is 1640. The van der Waals surface area contributed by atoms with Gasteiger partial charge < -0.3 is 5.11 Å². The molecule has 3 aromatic carbocycles. The summed E-state index contributed by atoms with van der Waals surface area (Å²) in [6, 6.07) is 19.0. The fourth-order valence-electron chi connectivity index (χ4n) is 3.74. The van der Waals surface area contributed by atoms with Crippen LogP contribution in [0.4, 0.5) is 0 Å². The third kappa shape index (κ3) is 4.45. The van der Waals surface area contributed by atoms with Gasteiger partial charge in [-0.3, -0.25) is 19.1 Å². The Morgan fingerprint density at radius 3 is 2.60 bits per heavy atom. The van der Waals surface area contributed by atoms with Crippen LogP contribution in [0, 0.1) is 0 Å². The average molecular weight is 527 g/mol. The first-order chi connectivity index (χ1) is 16.9. The number of halogens is 1. The van der Waals surface area contributed by atoms with E-state index in [1.165, 1.54) is 10.6 Å². The highest BCUT2D eigenvalue weighted by molar-refractivity contribution is 8.16. The van der Waals surface area contributed by atoms with Gasteiger partial charge in [0.05, 0.1) is 21.6 Å². The molecular formula is C24H19ClN4O4S2. The predicted octanol–water partition coefficient (Wildman–Crippen LogP) is 3.83. The molecule has 0 saturated heterocycles. The van der Waals surface area contributed by atoms with Gasteiger partial charge in [0.2, 0.25) is 0 Å². The van der Waals surface area contributed by atoms with Crippen LogP contribution in [0.2, 0.25) is 5.02 Å². The van der Waals surface area contributed by atoms with E-state index >= 15 is 0 Å². The number of para-hydroxylation sites is 2. The van der Waals surface area contributed by atoms with Crippen LogP contribution >= 0.6 is 23.4 Å². The van der Waals surface area contributed by atoms with Crippen molar-refractivity contribution in [1.82, 2.24) is 14.3 Å². The number of aromatic nitrogens is 2. The standard InChI is InChI=1S/C24H19ClN4O4S2/c25-18-14-20-21(35(32,33)28-24(34-20)26-11-6-12-30)13-17(18)22-27-19-10-5-4-9-16(19)23(31)29(22)15-7-2-1-3-8-15/h1-5,7-10,13-14,30H,6,11-12H2,(H,26,28). The molecular weight excluding hydrogens is 508 g/mol. The first-order valence-electron chi connectivity index (χ1n) is 10.7. The molecule has 0 unspecified atom stereocenters. The lowest BCUT2D eigenvalue weighted by atomic mass is 10.1. The smallest absolute Gasteiger partial charge is 0.266 e. The Balaban J connectivity index is 1.74. The van der Waals surface area contributed by atoms with Crippen molar-refractivity contribution in [3.63, 3.8) is 0 Å². The molecule has 8 nitrogen and oxygen atoms in total. The van der Waals surface area contributed by atoms with Gasteiger partial charge in [0.15, 0.2) is 5.17 Å². The van der Waals surface area contributed by atoms with Crippen molar-refractivity contribution in [2.45, 2.75) is 16.2 Å². The van der Waals surface area contributed by atoms with E-state index < -0.39 is 10.0 Å². The summed E-state index contributed by atoms with van der Waals surface area (Å²) in [6.45, 7) is 0.245. The minimum absolute atomic E-state index is 0.0185. The maximum absolute atomic E-state index is 13.5. The van der Waals surface area contributed by atoms with Crippen LogP contribution in [0.5, 0.6) is 0 Å². The molecule has 11 heteroatoms. The van der Waals surface area contributed by atoms with Gasteiger partial charge in [0.25, 0.3) is 15.6 Å². The SMILES string of the molecule is O=c1c2ccccc2nc(-c2cc3c(cc2Cl)SC(=NCCCO)NS3(=O)=O)n1-c1ccccc1. The molecule has 0 atom stereocenters. The number of hydrogen-bond acceptors (Lipinski definition) is 7. The monoisotopic (exact) mass is 526 g/mol. The minimum atomic E-state index is -3.94. The number of benzene rings is 3. The molecule has 1 aliphatic heterocycles. The molecule has 35 heavy (non-hydrogen) atoms. The number of sulfonamides is 1. The molecule has 0 fully saturated rings. The highest BCUT2D eigenvalue weighted by Gasteiger charge is 2.30. The van der Waals surface area contributed by atoms with Gasteiger partial charge in [-0.25, -0.2) is 13.4 Å². The van der Waals surface area contributed by atoms with Crippen LogP contribution in [0.15, 0.2) is 86.3 Å². The van der Waals surface area contributed by atoms with Gasteiger partial charge in [-0.05, 0) is 42.8 Å². The molecule has 5 rings (SSSR count). The zero-order valence-corrected chi connectivity index (χ0v) is 20.6. The van der Waals surface area contributed by atoms with Crippen molar-refractivity contribution in [3.05, 3.63) is 82.1 Å². The average Bonchev–Trinajstić information content (AvgIpc) is 2.84. The fraction of sp³-hybridized carbons (Fsp3) is 0.125. The zero-order valence-electron chi connectivity index (χ0n) is 18.2. The van der Waals surface area contributed by atoms with Crippen LogP contribution in [0.25, 0.3) is 28.0 Å². The Kier molecular flexibility index (Phi) is 6.37. The number of aliphatic hydroxyl groups excluding tert-OH is 1. The molecule has 2 heterocycles. The van der Waals surface area contributed by atoms with Crippen LogP contribution in [-0.4, -0.2) is 41.4 Å². The second kappa shape index (κ2) is 9.46. The number of aliphatic hydroxyl groups is 1. The lowest BCUT2D eigenvalue weighted by Gasteiger charge is -2.21. The number of thioether (sulfide) groups is 1. The molecule has 0 amide bonds. The summed E-state index contributed by atoms with van der Waals surface area (Å²) in [7, 11) is -3.94. The van der Waals surface area contributed by atoms with Crippen molar-refractivity contribution < 1.29 is 13.5 Å². The molecule has 0 bridgehead atoms. The van der Waals surface area contributed by atoms with E-state index in [-0.39, 0.29) is 39.6 Å². The number of rotatable bonds is 5. The van der Waals surface area contributed by atoms with Crippen LogP contribution < -0.4 is 10.3 Å². The number of hydrogen-bond donors (Lipinski definition) is 2. The van der Waals surface area contributed by atoms with E-state index in [9.17, 15) is 13.2 Å². The van der Waals surface area contributed by atoms with Crippen LogP contribution in [-0.2, 0) is 10.0 Å². The molecule has 1 aliphatic rings. The zero-order chi connectivity index (χ0) is 24.6. The third-order valence-corrected chi connectivity index (χ3v) is 8.29. The number of nitrogens with zero attached hydrogens (tertiary/aromatic N) is 3. The van der Waals surface area contributed by atoms with Crippen molar-refractivity contribution >= 4 is 49.5 Å². The van der Waals surface area contributed by atoms with E-state index in [4.69, 9.17) is 21.7 Å². The third-order valence-electron chi connectivity index (χ3n) is 5.35. The van der Waals surface area contributed by atoms with Crippen LogP contribution in [0.3, 0.4) is 0 Å². The van der Waals surface area contributed by atoms with E-state index in [1.54, 1.807) is 54.6 Å². The number of nitrogens with one attached hydrogen (secondary N) is 1. The van der Waals surface area contributed by atoms with Crippen molar-refractivity contribution in [2.75, 3.05) is 13.2 Å². The fourth-order valence-corrected chi connectivity index (χ4v) is 6.70. The lowest BCUT2D eigenvalue weighted by molar-refractivity contribution is 0.291. The molecule has 2 N–H and O–H groups in total. The van der Waals surface area contributed by atoms with E-state index in [0.717, 1.165) is 11.8 Å². The summed E-state index contributed by atoms with van der Waals surface area (Å²) in [5, 5.41) is 9.85. The molecule has 0 saturated carbocycles.